The van der Waals surface area contributed by atoms with E-state index in [4.69, 9.17) is 19.3 Å². The van der Waals surface area contributed by atoms with Gasteiger partial charge in [-0.05, 0) is 36.8 Å². The molecule has 10 heteroatoms. The number of pyridine rings is 1. The van der Waals surface area contributed by atoms with Gasteiger partial charge >= 0.3 is 11.9 Å². The van der Waals surface area contributed by atoms with Crippen molar-refractivity contribution < 1.29 is 38.1 Å². The quantitative estimate of drug-likeness (QED) is 0.453. The van der Waals surface area contributed by atoms with E-state index in [2.05, 4.69) is 10.3 Å². The summed E-state index contributed by atoms with van der Waals surface area (Å²) in [5, 5.41) is 11.0. The molecule has 1 unspecified atom stereocenters. The molecule has 0 fully saturated rings. The molecule has 0 aliphatic heterocycles. The van der Waals surface area contributed by atoms with Crippen molar-refractivity contribution >= 4 is 17.8 Å². The van der Waals surface area contributed by atoms with E-state index in [1.807, 2.05) is 6.07 Å². The van der Waals surface area contributed by atoms with E-state index in [1.165, 1.54) is 38.4 Å². The smallest absolute Gasteiger partial charge is 0.325 e. The van der Waals surface area contributed by atoms with Crippen LogP contribution in [0.3, 0.4) is 0 Å². The van der Waals surface area contributed by atoms with Crippen LogP contribution in [0.4, 0.5) is 4.39 Å². The minimum absolute atomic E-state index is 0.141. The lowest BCUT2D eigenvalue weighted by Crippen LogP contribution is -2.33. The highest BCUT2D eigenvalue weighted by atomic mass is 19.1. The molecule has 3 aromatic rings. The highest BCUT2D eigenvalue weighted by molar-refractivity contribution is 5.98. The number of amides is 1. The van der Waals surface area contributed by atoms with Crippen LogP contribution in [0.2, 0.25) is 0 Å². The summed E-state index contributed by atoms with van der Waals surface area (Å²) in [4.78, 5) is 39.5. The standard InChI is InChI=1S/C20H21FN2O6.C6H6O/c1-12(10-14-4-6-15(21)7-5-14)28-17(25)11-23-20(26)18-19(29-13(2)24)16(27-3)8-9-22-18;7-6-4-2-1-3-5-6/h4-9,12H,10-11H2,1-3H3,(H,23,26);1-5,7H. The van der Waals surface area contributed by atoms with Gasteiger partial charge in [0.2, 0.25) is 5.75 Å². The van der Waals surface area contributed by atoms with E-state index in [9.17, 15) is 18.8 Å². The first-order valence-electron chi connectivity index (χ1n) is 10.9. The van der Waals surface area contributed by atoms with Gasteiger partial charge in [-0.3, -0.25) is 14.4 Å². The van der Waals surface area contributed by atoms with Crippen LogP contribution in [0.25, 0.3) is 0 Å². The van der Waals surface area contributed by atoms with Gasteiger partial charge in [-0.1, -0.05) is 30.3 Å². The number of aromatic hydroxyl groups is 1. The average molecular weight is 499 g/mol. The predicted octanol–water partition coefficient (Wildman–Crippen LogP) is 3.45. The third-order valence-corrected chi connectivity index (χ3v) is 4.47. The number of nitrogens with one attached hydrogen (secondary N) is 1. The molecule has 9 nitrogen and oxygen atoms in total. The van der Waals surface area contributed by atoms with Crippen LogP contribution in [0, 0.1) is 5.82 Å². The van der Waals surface area contributed by atoms with Gasteiger partial charge < -0.3 is 24.6 Å². The predicted molar refractivity (Wildman–Crippen MR) is 128 cm³/mol. The first-order chi connectivity index (χ1) is 17.2. The summed E-state index contributed by atoms with van der Waals surface area (Å²) in [6, 6.07) is 16.0. The number of aromatic nitrogens is 1. The van der Waals surface area contributed by atoms with E-state index in [0.29, 0.717) is 12.2 Å². The van der Waals surface area contributed by atoms with Crippen molar-refractivity contribution in [2.24, 2.45) is 0 Å². The molecule has 0 bridgehead atoms. The minimum atomic E-state index is -0.733. The Labute approximate surface area is 207 Å². The van der Waals surface area contributed by atoms with E-state index < -0.39 is 30.5 Å². The van der Waals surface area contributed by atoms with Crippen molar-refractivity contribution in [2.45, 2.75) is 26.4 Å². The van der Waals surface area contributed by atoms with Gasteiger partial charge in [-0.25, -0.2) is 9.37 Å². The van der Waals surface area contributed by atoms with Crippen molar-refractivity contribution in [1.29, 1.82) is 0 Å². The highest BCUT2D eigenvalue weighted by Gasteiger charge is 2.21. The zero-order valence-electron chi connectivity index (χ0n) is 20.1. The monoisotopic (exact) mass is 498 g/mol. The van der Waals surface area contributed by atoms with Crippen molar-refractivity contribution in [3.63, 3.8) is 0 Å². The lowest BCUT2D eigenvalue weighted by Gasteiger charge is -2.14. The summed E-state index contributed by atoms with van der Waals surface area (Å²) in [5.41, 5.74) is 0.606. The van der Waals surface area contributed by atoms with E-state index in [1.54, 1.807) is 43.3 Å². The molecule has 1 heterocycles. The topological polar surface area (TPSA) is 124 Å². The molecule has 0 aliphatic carbocycles. The van der Waals surface area contributed by atoms with Crippen LogP contribution < -0.4 is 14.8 Å². The summed E-state index contributed by atoms with van der Waals surface area (Å²) in [7, 11) is 1.35. The number of hydrogen-bond donors (Lipinski definition) is 2. The maximum absolute atomic E-state index is 12.9. The van der Waals surface area contributed by atoms with Gasteiger partial charge in [0.05, 0.1) is 7.11 Å². The number of para-hydroxylation sites is 1. The van der Waals surface area contributed by atoms with Crippen LogP contribution in [0.15, 0.2) is 66.9 Å². The van der Waals surface area contributed by atoms with Gasteiger partial charge in [0.25, 0.3) is 5.91 Å². The highest BCUT2D eigenvalue weighted by Crippen LogP contribution is 2.29. The molecule has 2 N–H and O–H groups in total. The molecule has 0 saturated carbocycles. The second-order valence-electron chi connectivity index (χ2n) is 7.43. The number of carbonyl (C=O) groups excluding carboxylic acids is 3. The lowest BCUT2D eigenvalue weighted by molar-refractivity contribution is -0.146. The Bertz CT molecular complexity index is 1150. The summed E-state index contributed by atoms with van der Waals surface area (Å²) < 4.78 is 28.2. The third kappa shape index (κ3) is 9.41. The number of ether oxygens (including phenoxy) is 3. The Kier molecular flexibility index (Phi) is 10.8. The molecule has 0 saturated heterocycles. The zero-order valence-corrected chi connectivity index (χ0v) is 20.1. The van der Waals surface area contributed by atoms with Crippen LogP contribution in [0.1, 0.15) is 29.9 Å². The Morgan fingerprint density at radius 3 is 2.28 bits per heavy atom. The molecule has 1 amide bonds. The second-order valence-corrected chi connectivity index (χ2v) is 7.43. The van der Waals surface area contributed by atoms with E-state index in [0.717, 1.165) is 5.56 Å². The molecule has 1 atom stereocenters. The summed E-state index contributed by atoms with van der Waals surface area (Å²) in [5.74, 6) is -2.07. The van der Waals surface area contributed by atoms with Gasteiger partial charge in [0.1, 0.15) is 24.2 Å². The lowest BCUT2D eigenvalue weighted by atomic mass is 10.1. The van der Waals surface area contributed by atoms with Gasteiger partial charge in [-0.2, -0.15) is 0 Å². The number of nitrogens with zero attached hydrogens (tertiary/aromatic N) is 1. The van der Waals surface area contributed by atoms with Crippen LogP contribution in [0.5, 0.6) is 17.2 Å². The fraction of sp³-hybridized carbons (Fsp3) is 0.231. The number of phenols is 1. The molecular formula is C26H27FN2O7. The largest absolute Gasteiger partial charge is 0.508 e. The van der Waals surface area contributed by atoms with Gasteiger partial charge in [-0.15, -0.1) is 0 Å². The fourth-order valence-electron chi connectivity index (χ4n) is 2.92. The average Bonchev–Trinajstić information content (AvgIpc) is 2.84. The van der Waals surface area contributed by atoms with Gasteiger partial charge in [0, 0.05) is 25.6 Å². The normalized spacial score (nSPS) is 10.8. The number of hydrogen-bond acceptors (Lipinski definition) is 8. The number of rotatable bonds is 8. The van der Waals surface area contributed by atoms with Crippen LogP contribution >= 0.6 is 0 Å². The van der Waals surface area contributed by atoms with E-state index >= 15 is 0 Å². The van der Waals surface area contributed by atoms with Gasteiger partial charge in [0.15, 0.2) is 11.4 Å². The maximum atomic E-state index is 12.9. The van der Waals surface area contributed by atoms with Crippen molar-refractivity contribution in [2.75, 3.05) is 13.7 Å². The number of methoxy groups -OCH3 is 1. The SMILES string of the molecule is COc1ccnc(C(=O)NCC(=O)OC(C)Cc2ccc(F)cc2)c1OC(C)=O.Oc1ccccc1. The van der Waals surface area contributed by atoms with E-state index in [-0.39, 0.29) is 23.0 Å². The van der Waals surface area contributed by atoms with Crippen molar-refractivity contribution in [3.05, 3.63) is 83.9 Å². The minimum Gasteiger partial charge on any atom is -0.508 e. The number of esters is 2. The molecule has 0 aliphatic rings. The summed E-state index contributed by atoms with van der Waals surface area (Å²) in [6.45, 7) is 2.45. The Morgan fingerprint density at radius 1 is 1.06 bits per heavy atom. The summed E-state index contributed by atoms with van der Waals surface area (Å²) in [6.07, 6.45) is 1.23. The third-order valence-electron chi connectivity index (χ3n) is 4.47. The second kappa shape index (κ2) is 14.1. The fourth-order valence-corrected chi connectivity index (χ4v) is 2.92. The molecule has 3 rings (SSSR count). The molecule has 1 aromatic heterocycles. The number of halogens is 1. The zero-order chi connectivity index (χ0) is 26.5. The first kappa shape index (κ1) is 27.8. The molecule has 0 spiro atoms. The van der Waals surface area contributed by atoms with Crippen molar-refractivity contribution in [1.82, 2.24) is 10.3 Å². The van der Waals surface area contributed by atoms with Crippen molar-refractivity contribution in [3.8, 4) is 17.2 Å². The number of carbonyl (C=O) groups is 3. The van der Waals surface area contributed by atoms with Crippen LogP contribution in [-0.2, 0) is 20.7 Å². The summed E-state index contributed by atoms with van der Waals surface area (Å²) >= 11 is 0. The Hall–Kier alpha value is -4.47. The Balaban J connectivity index is 0.000000558. The maximum Gasteiger partial charge on any atom is 0.325 e. The number of benzene rings is 2. The molecule has 0 radical (unpaired) electrons. The Morgan fingerprint density at radius 2 is 1.72 bits per heavy atom. The molecule has 190 valence electrons. The van der Waals surface area contributed by atoms with Crippen LogP contribution in [-0.4, -0.2) is 47.7 Å². The molecular weight excluding hydrogens is 471 g/mol. The molecule has 36 heavy (non-hydrogen) atoms. The molecule has 2 aromatic carbocycles. The first-order valence-corrected chi connectivity index (χ1v) is 10.9. The number of phenolic OH excluding ortho intramolecular Hbond substituents is 1.